The van der Waals surface area contributed by atoms with E-state index in [2.05, 4.69) is 23.7 Å². The van der Waals surface area contributed by atoms with Gasteiger partial charge in [0.2, 0.25) is 0 Å². The van der Waals surface area contributed by atoms with Crippen LogP contribution in [0.4, 0.5) is 0 Å². The van der Waals surface area contributed by atoms with E-state index in [1.54, 1.807) is 12.2 Å². The first kappa shape index (κ1) is 30.1. The SMILES string of the molecule is C#C/C=C\CCCC#CCCCCCCCCCCCCCCCCC/C=C/[C@@H](O)C#C. The standard InChI is InChI=1S/C31H48O/c1-3-5-6-7-8-9-10-11-12-13-14-15-16-17-18-19-20-21-22-23-24-25-26-27-28-29-30-31(32)4-2/h1-2,5-6,29-32H,7-9,12-28H2/b6-5-,30-29+/t31-/m0/s1. The third-order valence-corrected chi connectivity index (χ3v) is 5.67. The van der Waals surface area contributed by atoms with Gasteiger partial charge in [-0.2, -0.15) is 0 Å². The van der Waals surface area contributed by atoms with Crippen molar-refractivity contribution in [1.29, 1.82) is 0 Å². The van der Waals surface area contributed by atoms with Crippen LogP contribution in [0.25, 0.3) is 0 Å². The number of hydrogen-bond acceptors (Lipinski definition) is 1. The van der Waals surface area contributed by atoms with Crippen LogP contribution in [0.1, 0.15) is 128 Å². The Morgan fingerprint density at radius 1 is 0.562 bits per heavy atom. The van der Waals surface area contributed by atoms with Gasteiger partial charge < -0.3 is 5.11 Å². The zero-order chi connectivity index (χ0) is 23.4. The van der Waals surface area contributed by atoms with E-state index in [1.165, 1.54) is 96.3 Å². The number of allylic oxidation sites excluding steroid dienone is 3. The fourth-order valence-electron chi connectivity index (χ4n) is 3.69. The van der Waals surface area contributed by atoms with E-state index in [9.17, 15) is 5.11 Å². The topological polar surface area (TPSA) is 20.2 Å². The summed E-state index contributed by atoms with van der Waals surface area (Å²) >= 11 is 0. The van der Waals surface area contributed by atoms with Gasteiger partial charge in [-0.05, 0) is 44.3 Å². The highest BCUT2D eigenvalue weighted by atomic mass is 16.3. The molecule has 1 heteroatoms. The van der Waals surface area contributed by atoms with Gasteiger partial charge in [0.25, 0.3) is 0 Å². The van der Waals surface area contributed by atoms with Gasteiger partial charge in [0, 0.05) is 12.8 Å². The van der Waals surface area contributed by atoms with Gasteiger partial charge in [-0.15, -0.1) is 24.7 Å². The Labute approximate surface area is 200 Å². The van der Waals surface area contributed by atoms with Gasteiger partial charge in [0.1, 0.15) is 6.10 Å². The fourth-order valence-corrected chi connectivity index (χ4v) is 3.69. The van der Waals surface area contributed by atoms with Crippen molar-refractivity contribution in [1.82, 2.24) is 0 Å². The van der Waals surface area contributed by atoms with E-state index >= 15 is 0 Å². The molecule has 0 heterocycles. The number of terminal acetylenes is 2. The Hall–Kier alpha value is -1.88. The first-order valence-corrected chi connectivity index (χ1v) is 13.2. The van der Waals surface area contributed by atoms with Crippen molar-refractivity contribution in [2.24, 2.45) is 0 Å². The van der Waals surface area contributed by atoms with Crippen molar-refractivity contribution < 1.29 is 5.11 Å². The minimum absolute atomic E-state index is 0.714. The lowest BCUT2D eigenvalue weighted by Gasteiger charge is -2.03. The lowest BCUT2D eigenvalue weighted by molar-refractivity contribution is 0.280. The average molecular weight is 437 g/mol. The van der Waals surface area contributed by atoms with Crippen LogP contribution in [-0.2, 0) is 0 Å². The molecule has 0 saturated heterocycles. The summed E-state index contributed by atoms with van der Waals surface area (Å²) in [6.45, 7) is 0. The predicted molar refractivity (Wildman–Crippen MR) is 142 cm³/mol. The van der Waals surface area contributed by atoms with Crippen LogP contribution in [0.15, 0.2) is 24.3 Å². The van der Waals surface area contributed by atoms with Gasteiger partial charge in [-0.3, -0.25) is 0 Å². The molecule has 0 aromatic carbocycles. The Bertz CT molecular complexity index is 587. The molecule has 178 valence electrons. The minimum Gasteiger partial charge on any atom is -0.377 e. The molecule has 1 atom stereocenters. The van der Waals surface area contributed by atoms with Crippen molar-refractivity contribution in [2.45, 2.75) is 135 Å². The lowest BCUT2D eigenvalue weighted by atomic mass is 10.0. The molecule has 1 nitrogen and oxygen atoms in total. The first-order valence-electron chi connectivity index (χ1n) is 13.2. The Balaban J connectivity index is 3.15. The largest absolute Gasteiger partial charge is 0.377 e. The molecule has 0 aliphatic rings. The highest BCUT2D eigenvalue weighted by Gasteiger charge is 1.95. The summed E-state index contributed by atoms with van der Waals surface area (Å²) in [5, 5.41) is 9.21. The zero-order valence-electron chi connectivity index (χ0n) is 20.6. The van der Waals surface area contributed by atoms with Crippen molar-refractivity contribution in [3.8, 4) is 36.5 Å². The van der Waals surface area contributed by atoms with Gasteiger partial charge >= 0.3 is 0 Å². The van der Waals surface area contributed by atoms with E-state index in [-0.39, 0.29) is 0 Å². The van der Waals surface area contributed by atoms with Crippen molar-refractivity contribution in [3.63, 3.8) is 0 Å². The maximum Gasteiger partial charge on any atom is 0.133 e. The maximum absolute atomic E-state index is 9.21. The molecule has 32 heavy (non-hydrogen) atoms. The van der Waals surface area contributed by atoms with Crippen LogP contribution >= 0.6 is 0 Å². The first-order chi connectivity index (χ1) is 15.8. The number of aliphatic hydroxyl groups excluding tert-OH is 1. The van der Waals surface area contributed by atoms with Crippen LogP contribution < -0.4 is 0 Å². The highest BCUT2D eigenvalue weighted by molar-refractivity contribution is 5.08. The van der Waals surface area contributed by atoms with Crippen molar-refractivity contribution >= 4 is 0 Å². The summed E-state index contributed by atoms with van der Waals surface area (Å²) in [6, 6.07) is 0. The number of hydrogen-bond donors (Lipinski definition) is 1. The molecule has 0 aromatic heterocycles. The maximum atomic E-state index is 9.21. The Kier molecular flexibility index (Phi) is 25.6. The van der Waals surface area contributed by atoms with Crippen molar-refractivity contribution in [3.05, 3.63) is 24.3 Å². The Morgan fingerprint density at radius 3 is 1.50 bits per heavy atom. The molecule has 0 radical (unpaired) electrons. The second kappa shape index (κ2) is 27.2. The molecule has 0 rings (SSSR count). The highest BCUT2D eigenvalue weighted by Crippen LogP contribution is 2.14. The summed E-state index contributed by atoms with van der Waals surface area (Å²) in [6.07, 6.45) is 42.7. The Morgan fingerprint density at radius 2 is 1.00 bits per heavy atom. The van der Waals surface area contributed by atoms with E-state index < -0.39 is 6.10 Å². The number of aliphatic hydroxyl groups is 1. The minimum atomic E-state index is -0.714. The van der Waals surface area contributed by atoms with Crippen LogP contribution in [0.2, 0.25) is 0 Å². The molecule has 0 amide bonds. The zero-order valence-corrected chi connectivity index (χ0v) is 20.6. The smallest absolute Gasteiger partial charge is 0.133 e. The third kappa shape index (κ3) is 26.2. The van der Waals surface area contributed by atoms with E-state index in [0.717, 1.165) is 32.1 Å². The molecule has 0 spiro atoms. The van der Waals surface area contributed by atoms with Crippen LogP contribution in [-0.4, -0.2) is 11.2 Å². The molecule has 0 saturated carbocycles. The monoisotopic (exact) mass is 436 g/mol. The second-order valence-corrected chi connectivity index (χ2v) is 8.70. The van der Waals surface area contributed by atoms with Crippen molar-refractivity contribution in [2.75, 3.05) is 0 Å². The molecule has 0 unspecified atom stereocenters. The van der Waals surface area contributed by atoms with Crippen LogP contribution in [0.5, 0.6) is 0 Å². The van der Waals surface area contributed by atoms with E-state index in [0.29, 0.717) is 0 Å². The quantitative estimate of drug-likeness (QED) is 0.109. The summed E-state index contributed by atoms with van der Waals surface area (Å²) in [5.74, 6) is 11.4. The lowest BCUT2D eigenvalue weighted by Crippen LogP contribution is -1.95. The second-order valence-electron chi connectivity index (χ2n) is 8.70. The fraction of sp³-hybridized carbons (Fsp3) is 0.677. The predicted octanol–water partition coefficient (Wildman–Crippen LogP) is 8.53. The summed E-state index contributed by atoms with van der Waals surface area (Å²) < 4.78 is 0. The normalized spacial score (nSPS) is 11.8. The molecular formula is C31H48O. The van der Waals surface area contributed by atoms with Gasteiger partial charge in [-0.1, -0.05) is 107 Å². The van der Waals surface area contributed by atoms with E-state index in [1.807, 2.05) is 12.2 Å². The van der Waals surface area contributed by atoms with E-state index in [4.69, 9.17) is 12.8 Å². The molecule has 0 fully saturated rings. The van der Waals surface area contributed by atoms with Crippen LogP contribution in [0.3, 0.4) is 0 Å². The molecule has 1 N–H and O–H groups in total. The summed E-state index contributed by atoms with van der Waals surface area (Å²) in [7, 11) is 0. The van der Waals surface area contributed by atoms with Gasteiger partial charge in [-0.25, -0.2) is 0 Å². The molecule has 0 aliphatic heterocycles. The van der Waals surface area contributed by atoms with Crippen LogP contribution in [0, 0.1) is 36.5 Å². The molecular weight excluding hydrogens is 388 g/mol. The van der Waals surface area contributed by atoms with Gasteiger partial charge in [0.05, 0.1) is 0 Å². The average Bonchev–Trinajstić information content (AvgIpc) is 2.81. The molecule has 0 bridgehead atoms. The third-order valence-electron chi connectivity index (χ3n) is 5.67. The molecule has 0 aliphatic carbocycles. The number of rotatable bonds is 21. The van der Waals surface area contributed by atoms with Gasteiger partial charge in [0.15, 0.2) is 0 Å². The summed E-state index contributed by atoms with van der Waals surface area (Å²) in [5.41, 5.74) is 0. The number of unbranched alkanes of at least 4 members (excludes halogenated alkanes) is 18. The summed E-state index contributed by atoms with van der Waals surface area (Å²) in [4.78, 5) is 0. The molecule has 0 aromatic rings.